The summed E-state index contributed by atoms with van der Waals surface area (Å²) < 4.78 is 3.65. The standard InChI is InChI=1S/C14H12ClN3/c15-18-14(12-9-5-2-6-10-12)17-13(16)11-7-3-1-4-8-11/h1-10H,(H2,16,17,18). The summed E-state index contributed by atoms with van der Waals surface area (Å²) in [6, 6.07) is 19.0. The predicted molar refractivity (Wildman–Crippen MR) is 76.0 cm³/mol. The molecule has 18 heavy (non-hydrogen) atoms. The zero-order valence-corrected chi connectivity index (χ0v) is 10.4. The summed E-state index contributed by atoms with van der Waals surface area (Å²) in [5.74, 6) is 0.789. The molecule has 0 unspecified atom stereocenters. The molecule has 0 saturated heterocycles. The van der Waals surface area contributed by atoms with E-state index >= 15 is 0 Å². The molecule has 2 rings (SSSR count). The SMILES string of the molecule is NC(=NC(=NCl)c1ccccc1)c1ccccc1. The first-order valence-electron chi connectivity index (χ1n) is 5.45. The van der Waals surface area contributed by atoms with E-state index in [2.05, 4.69) is 9.50 Å². The summed E-state index contributed by atoms with van der Waals surface area (Å²) in [5, 5.41) is 0. The van der Waals surface area contributed by atoms with Gasteiger partial charge in [0.25, 0.3) is 0 Å². The van der Waals surface area contributed by atoms with Crippen LogP contribution in [0.5, 0.6) is 0 Å². The zero-order chi connectivity index (χ0) is 12.8. The molecule has 0 aliphatic heterocycles. The highest BCUT2D eigenvalue weighted by Gasteiger charge is 2.03. The van der Waals surface area contributed by atoms with E-state index in [1.165, 1.54) is 0 Å². The Labute approximate surface area is 111 Å². The van der Waals surface area contributed by atoms with Crippen LogP contribution in [0.25, 0.3) is 0 Å². The molecule has 0 heterocycles. The molecule has 4 heteroatoms. The third kappa shape index (κ3) is 2.96. The topological polar surface area (TPSA) is 50.7 Å². The second-order valence-corrected chi connectivity index (χ2v) is 3.81. The van der Waals surface area contributed by atoms with Crippen molar-refractivity contribution in [3.8, 4) is 0 Å². The Morgan fingerprint density at radius 1 is 0.833 bits per heavy atom. The molecular formula is C14H12ClN3. The second kappa shape index (κ2) is 5.98. The molecule has 2 aromatic carbocycles. The number of rotatable bonds is 2. The van der Waals surface area contributed by atoms with Crippen LogP contribution in [0.3, 0.4) is 0 Å². The molecule has 3 nitrogen and oxygen atoms in total. The fraction of sp³-hybridized carbons (Fsp3) is 0. The van der Waals surface area contributed by atoms with Crippen LogP contribution in [-0.4, -0.2) is 11.7 Å². The van der Waals surface area contributed by atoms with E-state index in [4.69, 9.17) is 17.5 Å². The van der Waals surface area contributed by atoms with Crippen molar-refractivity contribution in [2.45, 2.75) is 0 Å². The maximum atomic E-state index is 5.92. The molecule has 0 aromatic heterocycles. The van der Waals surface area contributed by atoms with Crippen LogP contribution in [0.15, 0.2) is 70.2 Å². The molecule has 0 radical (unpaired) electrons. The van der Waals surface area contributed by atoms with Crippen molar-refractivity contribution in [1.29, 1.82) is 0 Å². The van der Waals surface area contributed by atoms with Crippen molar-refractivity contribution in [2.75, 3.05) is 0 Å². The molecule has 0 bridgehead atoms. The fourth-order valence-electron chi connectivity index (χ4n) is 1.51. The van der Waals surface area contributed by atoms with Gasteiger partial charge in [-0.15, -0.1) is 0 Å². The molecule has 2 N–H and O–H groups in total. The van der Waals surface area contributed by atoms with E-state index in [-0.39, 0.29) is 0 Å². The van der Waals surface area contributed by atoms with Gasteiger partial charge in [-0.25, -0.2) is 4.99 Å². The second-order valence-electron chi connectivity index (χ2n) is 3.64. The van der Waals surface area contributed by atoms with E-state index in [0.717, 1.165) is 11.1 Å². The highest BCUT2D eigenvalue weighted by Crippen LogP contribution is 2.06. The molecule has 0 saturated carbocycles. The monoisotopic (exact) mass is 257 g/mol. The third-order valence-electron chi connectivity index (χ3n) is 2.41. The Balaban J connectivity index is 2.32. The number of hydrogen-bond donors (Lipinski definition) is 1. The number of halogens is 1. The van der Waals surface area contributed by atoms with Crippen LogP contribution < -0.4 is 5.73 Å². The van der Waals surface area contributed by atoms with Gasteiger partial charge in [-0.05, 0) is 0 Å². The number of aliphatic imine (C=N–C) groups is 1. The number of nitrogens with two attached hydrogens (primary N) is 1. The van der Waals surface area contributed by atoms with Gasteiger partial charge in [0.05, 0.1) is 0 Å². The Bertz CT molecular complexity index is 562. The maximum absolute atomic E-state index is 5.92. The van der Waals surface area contributed by atoms with Crippen LogP contribution in [0.2, 0.25) is 0 Å². The summed E-state index contributed by atoms with van der Waals surface area (Å²) in [7, 11) is 0. The Morgan fingerprint density at radius 2 is 1.33 bits per heavy atom. The van der Waals surface area contributed by atoms with Crippen LogP contribution >= 0.6 is 11.8 Å². The van der Waals surface area contributed by atoms with Crippen molar-refractivity contribution in [3.63, 3.8) is 0 Å². The van der Waals surface area contributed by atoms with Gasteiger partial charge >= 0.3 is 0 Å². The van der Waals surface area contributed by atoms with Crippen molar-refractivity contribution in [2.24, 2.45) is 15.2 Å². The first-order valence-corrected chi connectivity index (χ1v) is 5.79. The van der Waals surface area contributed by atoms with Gasteiger partial charge < -0.3 is 5.73 Å². The van der Waals surface area contributed by atoms with E-state index in [1.54, 1.807) is 0 Å². The number of nitrogens with zero attached hydrogens (tertiary/aromatic N) is 2. The first-order chi connectivity index (χ1) is 8.81. The molecule has 0 spiro atoms. The van der Waals surface area contributed by atoms with Crippen LogP contribution in [0, 0.1) is 0 Å². The first kappa shape index (κ1) is 12.3. The number of benzene rings is 2. The summed E-state index contributed by atoms with van der Waals surface area (Å²) in [6.07, 6.45) is 0. The molecule has 0 aliphatic rings. The van der Waals surface area contributed by atoms with E-state index in [0.29, 0.717) is 11.7 Å². The minimum atomic E-state index is 0.388. The van der Waals surface area contributed by atoms with Gasteiger partial charge in [0.1, 0.15) is 5.84 Å². The lowest BCUT2D eigenvalue weighted by molar-refractivity contribution is 1.48. The predicted octanol–water partition coefficient (Wildman–Crippen LogP) is 2.99. The zero-order valence-electron chi connectivity index (χ0n) is 9.62. The molecule has 2 aromatic rings. The van der Waals surface area contributed by atoms with Gasteiger partial charge in [0, 0.05) is 22.9 Å². The summed E-state index contributed by atoms with van der Waals surface area (Å²) in [4.78, 5) is 4.25. The molecule has 0 aliphatic carbocycles. The minimum Gasteiger partial charge on any atom is -0.383 e. The Hall–Kier alpha value is -2.13. The van der Waals surface area contributed by atoms with Crippen LogP contribution in [0.1, 0.15) is 11.1 Å². The fourth-order valence-corrected chi connectivity index (χ4v) is 1.64. The van der Waals surface area contributed by atoms with E-state index in [9.17, 15) is 0 Å². The van der Waals surface area contributed by atoms with E-state index in [1.807, 2.05) is 60.7 Å². The Morgan fingerprint density at radius 3 is 1.83 bits per heavy atom. The van der Waals surface area contributed by atoms with Crippen molar-refractivity contribution < 1.29 is 0 Å². The van der Waals surface area contributed by atoms with Gasteiger partial charge in [0.2, 0.25) is 0 Å². The average molecular weight is 258 g/mol. The largest absolute Gasteiger partial charge is 0.383 e. The van der Waals surface area contributed by atoms with Gasteiger partial charge in [-0.3, -0.25) is 0 Å². The number of amidine groups is 2. The Kier molecular flexibility index (Phi) is 4.10. The molecule has 0 amide bonds. The van der Waals surface area contributed by atoms with Crippen molar-refractivity contribution in [1.82, 2.24) is 0 Å². The summed E-state index contributed by atoms with van der Waals surface area (Å²) in [6.45, 7) is 0. The highest BCUT2D eigenvalue weighted by atomic mass is 35.5. The molecular weight excluding hydrogens is 246 g/mol. The van der Waals surface area contributed by atoms with E-state index < -0.39 is 0 Å². The van der Waals surface area contributed by atoms with Crippen LogP contribution in [-0.2, 0) is 0 Å². The highest BCUT2D eigenvalue weighted by molar-refractivity contribution is 6.24. The quantitative estimate of drug-likeness (QED) is 0.653. The number of hydrogen-bond acceptors (Lipinski definition) is 1. The average Bonchev–Trinajstić information content (AvgIpc) is 2.46. The van der Waals surface area contributed by atoms with Gasteiger partial charge in [-0.2, -0.15) is 4.51 Å². The smallest absolute Gasteiger partial charge is 0.175 e. The lowest BCUT2D eigenvalue weighted by Gasteiger charge is -2.02. The van der Waals surface area contributed by atoms with Crippen LogP contribution in [0.4, 0.5) is 0 Å². The van der Waals surface area contributed by atoms with Crippen molar-refractivity contribution in [3.05, 3.63) is 71.8 Å². The lowest BCUT2D eigenvalue weighted by Crippen LogP contribution is -2.15. The lowest BCUT2D eigenvalue weighted by atomic mass is 10.2. The van der Waals surface area contributed by atoms with Gasteiger partial charge in [0.15, 0.2) is 5.84 Å². The van der Waals surface area contributed by atoms with Gasteiger partial charge in [-0.1, -0.05) is 60.7 Å². The summed E-state index contributed by atoms with van der Waals surface area (Å²) >= 11 is 5.56. The normalized spacial score (nSPS) is 12.5. The maximum Gasteiger partial charge on any atom is 0.175 e. The third-order valence-corrected chi connectivity index (χ3v) is 2.57. The minimum absolute atomic E-state index is 0.388. The summed E-state index contributed by atoms with van der Waals surface area (Å²) in [5.41, 5.74) is 7.58. The molecule has 0 atom stereocenters. The molecule has 90 valence electrons. The molecule has 0 fully saturated rings. The van der Waals surface area contributed by atoms with Crippen molar-refractivity contribution >= 4 is 23.4 Å².